The topological polar surface area (TPSA) is 81.9 Å². The van der Waals surface area contributed by atoms with E-state index in [1.807, 2.05) is 50.6 Å². The van der Waals surface area contributed by atoms with E-state index in [-0.39, 0.29) is 17.8 Å². The normalized spacial score (nSPS) is 11.9. The Morgan fingerprint density at radius 3 is 2.62 bits per heavy atom. The smallest absolute Gasteiger partial charge is 0.236 e. The van der Waals surface area contributed by atoms with Crippen LogP contribution in [0.15, 0.2) is 46.2 Å². The van der Waals surface area contributed by atoms with Gasteiger partial charge in [0.2, 0.25) is 5.91 Å². The second-order valence-corrected chi connectivity index (χ2v) is 8.54. The zero-order valence-electron chi connectivity index (χ0n) is 16.6. The third-order valence-electron chi connectivity index (χ3n) is 4.07. The van der Waals surface area contributed by atoms with Crippen LogP contribution in [0.3, 0.4) is 0 Å². The van der Waals surface area contributed by atoms with E-state index in [1.54, 1.807) is 12.3 Å². The second-order valence-electron chi connectivity index (χ2n) is 6.68. The number of halogens is 1. The van der Waals surface area contributed by atoms with E-state index in [0.29, 0.717) is 16.8 Å². The number of carbonyl (C=O) groups is 1. The van der Waals surface area contributed by atoms with Gasteiger partial charge in [-0.25, -0.2) is 4.98 Å². The molecule has 1 N–H and O–H groups in total. The summed E-state index contributed by atoms with van der Waals surface area (Å²) in [5.41, 5.74) is 2.29. The van der Waals surface area contributed by atoms with E-state index in [4.69, 9.17) is 4.74 Å². The van der Waals surface area contributed by atoms with Crippen molar-refractivity contribution in [1.29, 1.82) is 0 Å². The average molecular weight is 476 g/mol. The average Bonchev–Trinajstić information content (AvgIpc) is 3.02. The number of hydrogen-bond acceptors (Lipinski definition) is 6. The van der Waals surface area contributed by atoms with Gasteiger partial charge in [-0.3, -0.25) is 4.79 Å². The first-order valence-electron chi connectivity index (χ1n) is 9.00. The van der Waals surface area contributed by atoms with E-state index < -0.39 is 0 Å². The summed E-state index contributed by atoms with van der Waals surface area (Å²) in [6, 6.07) is 9.65. The number of nitrogens with zero attached hydrogens (tertiary/aromatic N) is 4. The van der Waals surface area contributed by atoms with Crippen molar-refractivity contribution in [2.45, 2.75) is 32.0 Å². The van der Waals surface area contributed by atoms with E-state index in [9.17, 15) is 4.79 Å². The van der Waals surface area contributed by atoms with Crippen LogP contribution in [0.1, 0.15) is 30.0 Å². The number of aryl methyl sites for hydroxylation is 2. The summed E-state index contributed by atoms with van der Waals surface area (Å²) < 4.78 is 8.75. The number of anilines is 1. The Hall–Kier alpha value is -2.39. The third kappa shape index (κ3) is 5.80. The summed E-state index contributed by atoms with van der Waals surface area (Å²) >= 11 is 4.63. The zero-order valence-corrected chi connectivity index (χ0v) is 19.0. The summed E-state index contributed by atoms with van der Waals surface area (Å²) in [5.74, 6) is 2.05. The maximum absolute atomic E-state index is 12.2. The van der Waals surface area contributed by atoms with Crippen molar-refractivity contribution in [3.8, 4) is 5.75 Å². The molecular weight excluding hydrogens is 454 g/mol. The summed E-state index contributed by atoms with van der Waals surface area (Å²) in [6.45, 7) is 6.01. The minimum atomic E-state index is -0.274. The summed E-state index contributed by atoms with van der Waals surface area (Å²) in [6.07, 6.45) is 1.36. The van der Waals surface area contributed by atoms with Crippen LogP contribution in [0.5, 0.6) is 5.75 Å². The molecule has 0 saturated carbocycles. The highest BCUT2D eigenvalue weighted by Gasteiger charge is 2.18. The lowest BCUT2D eigenvalue weighted by molar-refractivity contribution is -0.113. The molecule has 7 nitrogen and oxygen atoms in total. The van der Waals surface area contributed by atoms with Crippen LogP contribution in [0.2, 0.25) is 0 Å². The van der Waals surface area contributed by atoms with Gasteiger partial charge < -0.3 is 14.6 Å². The highest BCUT2D eigenvalue weighted by atomic mass is 79.9. The van der Waals surface area contributed by atoms with Gasteiger partial charge in [0.25, 0.3) is 0 Å². The van der Waals surface area contributed by atoms with E-state index in [2.05, 4.69) is 42.5 Å². The number of benzene rings is 1. The summed E-state index contributed by atoms with van der Waals surface area (Å²) in [4.78, 5) is 16.3. The molecule has 2 heterocycles. The molecule has 1 unspecified atom stereocenters. The third-order valence-corrected chi connectivity index (χ3v) is 5.56. The van der Waals surface area contributed by atoms with Gasteiger partial charge in [-0.05, 0) is 72.1 Å². The van der Waals surface area contributed by atoms with E-state index in [0.717, 1.165) is 21.3 Å². The van der Waals surface area contributed by atoms with Gasteiger partial charge in [0.1, 0.15) is 11.6 Å². The van der Waals surface area contributed by atoms with Crippen LogP contribution >= 0.6 is 27.7 Å². The molecule has 0 fully saturated rings. The van der Waals surface area contributed by atoms with Crippen LogP contribution in [0, 0.1) is 13.8 Å². The van der Waals surface area contributed by atoms with Gasteiger partial charge in [0.05, 0.1) is 5.75 Å². The SMILES string of the molecule is Cc1cc(C)cc(OC(C)c2nnc(SCC(=O)Nc3ccc(Br)cn3)n2C)c1. The lowest BCUT2D eigenvalue weighted by atomic mass is 10.1. The first-order chi connectivity index (χ1) is 13.8. The second kappa shape index (κ2) is 9.41. The molecule has 0 spiro atoms. The Morgan fingerprint density at radius 1 is 1.24 bits per heavy atom. The minimum Gasteiger partial charge on any atom is -0.483 e. The van der Waals surface area contributed by atoms with Crippen molar-refractivity contribution < 1.29 is 9.53 Å². The van der Waals surface area contributed by atoms with Crippen molar-refractivity contribution in [2.75, 3.05) is 11.1 Å². The summed E-state index contributed by atoms with van der Waals surface area (Å²) in [5, 5.41) is 11.9. The molecule has 0 aliphatic carbocycles. The van der Waals surface area contributed by atoms with Crippen LogP contribution in [0.4, 0.5) is 5.82 Å². The largest absolute Gasteiger partial charge is 0.483 e. The first-order valence-corrected chi connectivity index (χ1v) is 10.8. The number of amides is 1. The van der Waals surface area contributed by atoms with Crippen molar-refractivity contribution >= 4 is 39.4 Å². The molecule has 2 aromatic heterocycles. The number of carbonyl (C=O) groups excluding carboxylic acids is 1. The quantitative estimate of drug-likeness (QED) is 0.507. The van der Waals surface area contributed by atoms with Crippen molar-refractivity contribution in [2.24, 2.45) is 7.05 Å². The number of hydrogen-bond donors (Lipinski definition) is 1. The molecule has 1 atom stereocenters. The van der Waals surface area contributed by atoms with Crippen molar-refractivity contribution in [3.63, 3.8) is 0 Å². The molecule has 0 bridgehead atoms. The molecule has 29 heavy (non-hydrogen) atoms. The van der Waals surface area contributed by atoms with Crippen LogP contribution < -0.4 is 10.1 Å². The summed E-state index contributed by atoms with van der Waals surface area (Å²) in [7, 11) is 1.87. The Bertz CT molecular complexity index is 986. The predicted molar refractivity (Wildman–Crippen MR) is 117 cm³/mol. The fourth-order valence-electron chi connectivity index (χ4n) is 2.82. The Morgan fingerprint density at radius 2 is 1.97 bits per heavy atom. The first kappa shape index (κ1) is 21.3. The number of thioether (sulfide) groups is 1. The lowest BCUT2D eigenvalue weighted by Gasteiger charge is -2.15. The lowest BCUT2D eigenvalue weighted by Crippen LogP contribution is -2.15. The molecule has 3 rings (SSSR count). The molecule has 1 amide bonds. The monoisotopic (exact) mass is 475 g/mol. The molecular formula is C20H22BrN5O2S. The van der Waals surface area contributed by atoms with Crippen molar-refractivity contribution in [3.05, 3.63) is 58.0 Å². The molecule has 1 aromatic carbocycles. The fourth-order valence-corrected chi connectivity index (χ4v) is 3.78. The molecule has 0 aliphatic rings. The standard InChI is InChI=1S/C20H22BrN5O2S/c1-12-7-13(2)9-16(8-12)28-14(3)19-24-25-20(26(19)4)29-11-18(27)23-17-6-5-15(21)10-22-17/h5-10,14H,11H2,1-4H3,(H,22,23,27). The predicted octanol–water partition coefficient (Wildman–Crippen LogP) is 4.46. The number of nitrogens with one attached hydrogen (secondary N) is 1. The number of ether oxygens (including phenoxy) is 1. The van der Waals surface area contributed by atoms with Crippen molar-refractivity contribution in [1.82, 2.24) is 19.7 Å². The Balaban J connectivity index is 1.59. The maximum atomic E-state index is 12.2. The van der Waals surface area contributed by atoms with Gasteiger partial charge in [-0.15, -0.1) is 10.2 Å². The molecule has 152 valence electrons. The number of rotatable bonds is 7. The van der Waals surface area contributed by atoms with Gasteiger partial charge in [-0.2, -0.15) is 0 Å². The van der Waals surface area contributed by atoms with Gasteiger partial charge in [-0.1, -0.05) is 17.8 Å². The number of pyridine rings is 1. The molecule has 0 aliphatic heterocycles. The van der Waals surface area contributed by atoms with Crippen LogP contribution in [-0.2, 0) is 11.8 Å². The zero-order chi connectivity index (χ0) is 21.0. The minimum absolute atomic E-state index is 0.158. The van der Waals surface area contributed by atoms with E-state index >= 15 is 0 Å². The van der Waals surface area contributed by atoms with E-state index in [1.165, 1.54) is 11.8 Å². The fraction of sp³-hybridized carbons (Fsp3) is 0.300. The highest BCUT2D eigenvalue weighted by Crippen LogP contribution is 2.25. The highest BCUT2D eigenvalue weighted by molar-refractivity contribution is 9.10. The Kier molecular flexibility index (Phi) is 6.92. The Labute approximate surface area is 182 Å². The number of aromatic nitrogens is 4. The molecule has 3 aromatic rings. The van der Waals surface area contributed by atoms with Gasteiger partial charge in [0.15, 0.2) is 17.1 Å². The van der Waals surface area contributed by atoms with Crippen LogP contribution in [-0.4, -0.2) is 31.4 Å². The van der Waals surface area contributed by atoms with Gasteiger partial charge in [0, 0.05) is 17.7 Å². The molecule has 0 radical (unpaired) electrons. The van der Waals surface area contributed by atoms with Gasteiger partial charge >= 0.3 is 0 Å². The van der Waals surface area contributed by atoms with Crippen LogP contribution in [0.25, 0.3) is 0 Å². The maximum Gasteiger partial charge on any atom is 0.236 e. The molecule has 9 heteroatoms. The molecule has 0 saturated heterocycles.